The molecule has 0 saturated heterocycles. The molecule has 9 heteroatoms. The Kier molecular flexibility index (Phi) is 11.0. The van der Waals surface area contributed by atoms with E-state index in [1.165, 1.54) is 62.0 Å². The Morgan fingerprint density at radius 2 is 1.00 bits per heavy atom. The molecule has 3 rings (SSSR count). The highest BCUT2D eigenvalue weighted by Gasteiger charge is 2.32. The monoisotopic (exact) mass is 557 g/mol. The standard InChI is InChI=1S/C26H27NO6S2.C3H8/c1-18-4-12-23(13-5-18)34(30,31)16-22(17-35(32,33)24-14-6-19(2)7-15-24)25(28)20-8-10-21(11-9-20)26(29)27-3;1-3-2/h4-15,22H,16-17H2,1-3H3,(H,27,29);3H2,1-2H3. The third-order valence-electron chi connectivity index (χ3n) is 5.63. The minimum Gasteiger partial charge on any atom is -0.355 e. The summed E-state index contributed by atoms with van der Waals surface area (Å²) in [4.78, 5) is 25.2. The van der Waals surface area contributed by atoms with E-state index in [4.69, 9.17) is 0 Å². The van der Waals surface area contributed by atoms with Crippen molar-refractivity contribution in [2.24, 2.45) is 5.92 Å². The van der Waals surface area contributed by atoms with Crippen LogP contribution < -0.4 is 5.32 Å². The Labute approximate surface area is 226 Å². The molecule has 0 spiro atoms. The first-order valence-electron chi connectivity index (χ1n) is 12.3. The van der Waals surface area contributed by atoms with Crippen LogP contribution >= 0.6 is 0 Å². The number of amides is 1. The summed E-state index contributed by atoms with van der Waals surface area (Å²) in [5, 5.41) is 2.48. The number of carbonyl (C=O) groups is 2. The summed E-state index contributed by atoms with van der Waals surface area (Å²) in [7, 11) is -6.46. The fraction of sp³-hybridized carbons (Fsp3) is 0.310. The molecule has 0 atom stereocenters. The second-order valence-corrected chi connectivity index (χ2v) is 13.2. The molecule has 0 heterocycles. The summed E-state index contributed by atoms with van der Waals surface area (Å²) in [5.74, 6) is -3.66. The van der Waals surface area contributed by atoms with Crippen molar-refractivity contribution in [1.82, 2.24) is 5.32 Å². The van der Waals surface area contributed by atoms with Gasteiger partial charge in [0, 0.05) is 18.2 Å². The number of Topliss-reactive ketones (excluding diaryl/α,β-unsaturated/α-hetero) is 1. The molecule has 0 unspecified atom stereocenters. The zero-order valence-electron chi connectivity index (χ0n) is 22.4. The average molecular weight is 558 g/mol. The first-order chi connectivity index (χ1) is 17.8. The van der Waals surface area contributed by atoms with Gasteiger partial charge in [0.2, 0.25) is 0 Å². The van der Waals surface area contributed by atoms with E-state index in [1.54, 1.807) is 24.3 Å². The molecule has 3 aromatic carbocycles. The summed E-state index contributed by atoms with van der Waals surface area (Å²) < 4.78 is 52.6. The lowest BCUT2D eigenvalue weighted by molar-refractivity contribution is 0.0937. The van der Waals surface area contributed by atoms with E-state index in [1.807, 2.05) is 13.8 Å². The first-order valence-corrected chi connectivity index (χ1v) is 15.6. The molecular weight excluding hydrogens is 522 g/mol. The predicted octanol–water partition coefficient (Wildman–Crippen LogP) is 4.83. The van der Waals surface area contributed by atoms with Gasteiger partial charge in [0.25, 0.3) is 5.91 Å². The minimum atomic E-state index is -3.97. The maximum absolute atomic E-state index is 13.4. The molecule has 3 aromatic rings. The second-order valence-electron chi connectivity index (χ2n) is 9.11. The van der Waals surface area contributed by atoms with Crippen LogP contribution in [0, 0.1) is 19.8 Å². The van der Waals surface area contributed by atoms with E-state index < -0.39 is 42.9 Å². The molecule has 0 aliphatic rings. The number of carbonyl (C=O) groups excluding carboxylic acids is 2. The first kappa shape index (κ1) is 30.9. The van der Waals surface area contributed by atoms with Gasteiger partial charge in [-0.1, -0.05) is 67.8 Å². The van der Waals surface area contributed by atoms with E-state index in [0.717, 1.165) is 11.1 Å². The Morgan fingerprint density at radius 3 is 1.34 bits per heavy atom. The summed E-state index contributed by atoms with van der Waals surface area (Å²) in [6.07, 6.45) is 1.25. The van der Waals surface area contributed by atoms with Crippen LogP contribution in [0.15, 0.2) is 82.6 Å². The largest absolute Gasteiger partial charge is 0.355 e. The average Bonchev–Trinajstić information content (AvgIpc) is 2.88. The number of nitrogens with one attached hydrogen (secondary N) is 1. The van der Waals surface area contributed by atoms with Crippen molar-refractivity contribution in [3.8, 4) is 0 Å². The van der Waals surface area contributed by atoms with Gasteiger partial charge < -0.3 is 5.32 Å². The van der Waals surface area contributed by atoms with Crippen molar-refractivity contribution in [2.75, 3.05) is 18.6 Å². The van der Waals surface area contributed by atoms with Crippen molar-refractivity contribution < 1.29 is 26.4 Å². The Hall–Kier alpha value is -3.30. The quantitative estimate of drug-likeness (QED) is 0.377. The van der Waals surface area contributed by atoms with Crippen LogP contribution in [0.3, 0.4) is 0 Å². The minimum absolute atomic E-state index is 0.0172. The summed E-state index contributed by atoms with van der Waals surface area (Å²) >= 11 is 0. The molecule has 0 bridgehead atoms. The molecule has 38 heavy (non-hydrogen) atoms. The van der Waals surface area contributed by atoms with Crippen LogP contribution in [-0.4, -0.2) is 47.1 Å². The van der Waals surface area contributed by atoms with Crippen LogP contribution in [0.4, 0.5) is 0 Å². The molecule has 0 saturated carbocycles. The van der Waals surface area contributed by atoms with Crippen LogP contribution in [-0.2, 0) is 19.7 Å². The third kappa shape index (κ3) is 8.36. The van der Waals surface area contributed by atoms with Crippen molar-refractivity contribution in [2.45, 2.75) is 43.9 Å². The molecule has 0 aliphatic carbocycles. The highest BCUT2D eigenvalue weighted by molar-refractivity contribution is 7.92. The van der Waals surface area contributed by atoms with Crippen LogP contribution in [0.25, 0.3) is 0 Å². The summed E-state index contributed by atoms with van der Waals surface area (Å²) in [6.45, 7) is 7.89. The number of hydrogen-bond acceptors (Lipinski definition) is 6. The highest BCUT2D eigenvalue weighted by Crippen LogP contribution is 2.23. The Bertz CT molecular complexity index is 1370. The molecule has 0 aliphatic heterocycles. The van der Waals surface area contributed by atoms with E-state index in [0.29, 0.717) is 5.56 Å². The molecule has 1 N–H and O–H groups in total. The number of ketones is 1. The number of hydrogen-bond donors (Lipinski definition) is 1. The molecular formula is C29H35NO6S2. The number of benzene rings is 3. The lowest BCUT2D eigenvalue weighted by Crippen LogP contribution is -2.31. The van der Waals surface area contributed by atoms with E-state index in [-0.39, 0.29) is 21.3 Å². The molecule has 204 valence electrons. The van der Waals surface area contributed by atoms with Gasteiger partial charge in [0.15, 0.2) is 25.5 Å². The van der Waals surface area contributed by atoms with Crippen LogP contribution in [0.2, 0.25) is 0 Å². The maximum Gasteiger partial charge on any atom is 0.251 e. The highest BCUT2D eigenvalue weighted by atomic mass is 32.2. The van der Waals surface area contributed by atoms with Gasteiger partial charge in [-0.15, -0.1) is 0 Å². The van der Waals surface area contributed by atoms with Gasteiger partial charge >= 0.3 is 0 Å². The zero-order valence-corrected chi connectivity index (χ0v) is 24.0. The predicted molar refractivity (Wildman–Crippen MR) is 150 cm³/mol. The van der Waals surface area contributed by atoms with Crippen LogP contribution in [0.5, 0.6) is 0 Å². The van der Waals surface area contributed by atoms with E-state index in [2.05, 4.69) is 19.2 Å². The molecule has 0 radical (unpaired) electrons. The lowest BCUT2D eigenvalue weighted by Gasteiger charge is -2.17. The molecule has 0 aromatic heterocycles. The fourth-order valence-electron chi connectivity index (χ4n) is 3.58. The van der Waals surface area contributed by atoms with Gasteiger partial charge in [-0.2, -0.15) is 0 Å². The van der Waals surface area contributed by atoms with Gasteiger partial charge in [0.05, 0.1) is 27.2 Å². The van der Waals surface area contributed by atoms with Crippen molar-refractivity contribution in [3.05, 3.63) is 95.1 Å². The zero-order chi connectivity index (χ0) is 28.5. The van der Waals surface area contributed by atoms with Gasteiger partial charge in [-0.25, -0.2) is 16.8 Å². The van der Waals surface area contributed by atoms with Gasteiger partial charge in [-0.05, 0) is 50.2 Å². The fourth-order valence-corrected chi connectivity index (χ4v) is 6.81. The lowest BCUT2D eigenvalue weighted by atomic mass is 9.99. The molecule has 1 amide bonds. The summed E-state index contributed by atoms with van der Waals surface area (Å²) in [5.41, 5.74) is 2.19. The Balaban J connectivity index is 0.00000161. The van der Waals surface area contributed by atoms with Crippen molar-refractivity contribution in [1.29, 1.82) is 0 Å². The van der Waals surface area contributed by atoms with Crippen molar-refractivity contribution >= 4 is 31.4 Å². The Morgan fingerprint density at radius 1 is 0.658 bits per heavy atom. The topological polar surface area (TPSA) is 114 Å². The normalized spacial score (nSPS) is 11.4. The maximum atomic E-state index is 13.4. The van der Waals surface area contributed by atoms with Crippen LogP contribution in [0.1, 0.15) is 52.1 Å². The molecule has 0 fully saturated rings. The third-order valence-corrected chi connectivity index (χ3v) is 9.29. The SMILES string of the molecule is CCC.CNC(=O)c1ccc(C(=O)C(CS(=O)(=O)c2ccc(C)cc2)CS(=O)(=O)c2ccc(C)cc2)cc1. The number of sulfone groups is 2. The van der Waals surface area contributed by atoms with Crippen molar-refractivity contribution in [3.63, 3.8) is 0 Å². The van der Waals surface area contributed by atoms with Gasteiger partial charge in [-0.3, -0.25) is 9.59 Å². The smallest absolute Gasteiger partial charge is 0.251 e. The second kappa shape index (κ2) is 13.5. The summed E-state index contributed by atoms with van der Waals surface area (Å²) in [6, 6.07) is 18.0. The molecule has 7 nitrogen and oxygen atoms in total. The van der Waals surface area contributed by atoms with Gasteiger partial charge in [0.1, 0.15) is 0 Å². The number of rotatable bonds is 9. The van der Waals surface area contributed by atoms with E-state index in [9.17, 15) is 26.4 Å². The number of aryl methyl sites for hydroxylation is 2. The van der Waals surface area contributed by atoms with E-state index >= 15 is 0 Å².